The third kappa shape index (κ3) is 3.52. The minimum atomic E-state index is 0.335. The predicted octanol–water partition coefficient (Wildman–Crippen LogP) is 0.0526. The molecule has 1 unspecified atom stereocenters. The van der Waals surface area contributed by atoms with Crippen LogP contribution in [-0.4, -0.2) is 48.8 Å². The van der Waals surface area contributed by atoms with Gasteiger partial charge in [-0.3, -0.25) is 0 Å². The lowest BCUT2D eigenvalue weighted by Gasteiger charge is -2.31. The summed E-state index contributed by atoms with van der Waals surface area (Å²) in [7, 11) is 0. The van der Waals surface area contributed by atoms with Gasteiger partial charge in [0.1, 0.15) is 0 Å². The molecule has 1 rings (SSSR count). The van der Waals surface area contributed by atoms with Gasteiger partial charge in [-0.1, -0.05) is 0 Å². The summed E-state index contributed by atoms with van der Waals surface area (Å²) in [5.41, 5.74) is 0. The fraction of sp³-hybridized carbons (Fsp3) is 1.00. The Balaban J connectivity index is 2.06. The van der Waals surface area contributed by atoms with Crippen molar-refractivity contribution in [1.82, 2.24) is 10.2 Å². The Bertz CT molecular complexity index is 119. The summed E-state index contributed by atoms with van der Waals surface area (Å²) in [6.07, 6.45) is 2.07. The lowest BCUT2D eigenvalue weighted by Crippen LogP contribution is -2.49. The van der Waals surface area contributed by atoms with Gasteiger partial charge in [-0.25, -0.2) is 0 Å². The monoisotopic (exact) mass is 172 g/mol. The maximum atomic E-state index is 8.62. The van der Waals surface area contributed by atoms with Crippen molar-refractivity contribution >= 4 is 0 Å². The molecule has 1 saturated heterocycles. The Morgan fingerprint density at radius 3 is 3.00 bits per heavy atom. The highest BCUT2D eigenvalue weighted by Crippen LogP contribution is 2.00. The Hall–Kier alpha value is -0.120. The molecule has 0 saturated carbocycles. The van der Waals surface area contributed by atoms with Gasteiger partial charge >= 0.3 is 0 Å². The van der Waals surface area contributed by atoms with Gasteiger partial charge in [-0.15, -0.1) is 0 Å². The number of hydrogen-bond donors (Lipinski definition) is 2. The Labute approximate surface area is 74.8 Å². The SMILES string of the molecule is CC1CN(CCCCO)CCN1. The van der Waals surface area contributed by atoms with Crippen molar-refractivity contribution in [2.24, 2.45) is 0 Å². The van der Waals surface area contributed by atoms with Gasteiger partial charge in [0, 0.05) is 32.3 Å². The molecule has 0 amide bonds. The number of hydrogen-bond acceptors (Lipinski definition) is 3. The summed E-state index contributed by atoms with van der Waals surface area (Å²) in [6, 6.07) is 0.632. The molecule has 1 aliphatic rings. The first-order valence-corrected chi connectivity index (χ1v) is 4.89. The van der Waals surface area contributed by atoms with Crippen LogP contribution in [0.25, 0.3) is 0 Å². The molecule has 0 aliphatic carbocycles. The van der Waals surface area contributed by atoms with Crippen molar-refractivity contribution in [3.8, 4) is 0 Å². The first kappa shape index (κ1) is 9.96. The third-order valence-corrected chi connectivity index (χ3v) is 2.34. The zero-order valence-corrected chi connectivity index (χ0v) is 7.92. The van der Waals surface area contributed by atoms with Gasteiger partial charge in [0.05, 0.1) is 0 Å². The quantitative estimate of drug-likeness (QED) is 0.588. The third-order valence-electron chi connectivity index (χ3n) is 2.34. The van der Waals surface area contributed by atoms with Gasteiger partial charge in [-0.05, 0) is 26.3 Å². The van der Waals surface area contributed by atoms with E-state index in [1.54, 1.807) is 0 Å². The van der Waals surface area contributed by atoms with Crippen LogP contribution in [0.4, 0.5) is 0 Å². The van der Waals surface area contributed by atoms with Crippen LogP contribution < -0.4 is 5.32 Å². The van der Waals surface area contributed by atoms with Crippen LogP contribution in [-0.2, 0) is 0 Å². The Morgan fingerprint density at radius 1 is 1.50 bits per heavy atom. The summed E-state index contributed by atoms with van der Waals surface area (Å²) in [5.74, 6) is 0. The van der Waals surface area contributed by atoms with Crippen molar-refractivity contribution in [2.45, 2.75) is 25.8 Å². The second-order valence-corrected chi connectivity index (χ2v) is 3.59. The maximum absolute atomic E-state index is 8.62. The molecule has 3 nitrogen and oxygen atoms in total. The van der Waals surface area contributed by atoms with Gasteiger partial charge in [0.15, 0.2) is 0 Å². The molecule has 0 spiro atoms. The molecule has 0 aromatic heterocycles. The summed E-state index contributed by atoms with van der Waals surface area (Å²) in [5, 5.41) is 12.0. The largest absolute Gasteiger partial charge is 0.396 e. The number of nitrogens with one attached hydrogen (secondary N) is 1. The minimum Gasteiger partial charge on any atom is -0.396 e. The van der Waals surface area contributed by atoms with Gasteiger partial charge in [0.2, 0.25) is 0 Å². The molecular formula is C9H20N2O. The van der Waals surface area contributed by atoms with Crippen molar-refractivity contribution in [3.63, 3.8) is 0 Å². The molecule has 12 heavy (non-hydrogen) atoms. The summed E-state index contributed by atoms with van der Waals surface area (Å²) >= 11 is 0. The van der Waals surface area contributed by atoms with E-state index in [0.717, 1.165) is 39.0 Å². The number of unbranched alkanes of at least 4 members (excludes halogenated alkanes) is 1. The van der Waals surface area contributed by atoms with E-state index < -0.39 is 0 Å². The molecule has 0 aromatic rings. The van der Waals surface area contributed by atoms with Crippen molar-refractivity contribution in [2.75, 3.05) is 32.8 Å². The second kappa shape index (κ2) is 5.51. The minimum absolute atomic E-state index is 0.335. The average Bonchev–Trinajstić information content (AvgIpc) is 2.05. The van der Waals surface area contributed by atoms with Crippen LogP contribution >= 0.6 is 0 Å². The van der Waals surface area contributed by atoms with E-state index in [0.29, 0.717) is 12.6 Å². The van der Waals surface area contributed by atoms with Crippen LogP contribution in [0.3, 0.4) is 0 Å². The zero-order valence-electron chi connectivity index (χ0n) is 7.92. The van der Waals surface area contributed by atoms with Crippen LogP contribution in [0.2, 0.25) is 0 Å². The molecule has 1 fully saturated rings. The summed E-state index contributed by atoms with van der Waals surface area (Å²) < 4.78 is 0. The van der Waals surface area contributed by atoms with E-state index in [-0.39, 0.29) is 0 Å². The standard InChI is InChI=1S/C9H20N2O/c1-9-8-11(6-4-10-9)5-2-3-7-12/h9-10,12H,2-8H2,1H3. The topological polar surface area (TPSA) is 35.5 Å². The molecule has 0 radical (unpaired) electrons. The fourth-order valence-corrected chi connectivity index (χ4v) is 1.66. The van der Waals surface area contributed by atoms with E-state index in [2.05, 4.69) is 17.1 Å². The molecule has 72 valence electrons. The van der Waals surface area contributed by atoms with E-state index in [9.17, 15) is 0 Å². The van der Waals surface area contributed by atoms with Gasteiger partial charge in [-0.2, -0.15) is 0 Å². The van der Waals surface area contributed by atoms with Crippen LogP contribution in [0.1, 0.15) is 19.8 Å². The Morgan fingerprint density at radius 2 is 2.33 bits per heavy atom. The molecule has 1 heterocycles. The first-order valence-electron chi connectivity index (χ1n) is 4.89. The number of aliphatic hydroxyl groups excluding tert-OH is 1. The molecule has 0 aromatic carbocycles. The molecule has 1 aliphatic heterocycles. The second-order valence-electron chi connectivity index (χ2n) is 3.59. The molecule has 0 bridgehead atoms. The molecular weight excluding hydrogens is 152 g/mol. The maximum Gasteiger partial charge on any atom is 0.0431 e. The lowest BCUT2D eigenvalue weighted by atomic mass is 10.2. The highest BCUT2D eigenvalue weighted by molar-refractivity contribution is 4.74. The fourth-order valence-electron chi connectivity index (χ4n) is 1.66. The highest BCUT2D eigenvalue weighted by Gasteiger charge is 2.13. The van der Waals surface area contributed by atoms with E-state index in [1.165, 1.54) is 0 Å². The van der Waals surface area contributed by atoms with Crippen molar-refractivity contribution in [1.29, 1.82) is 0 Å². The van der Waals surface area contributed by atoms with Gasteiger partial charge in [0.25, 0.3) is 0 Å². The molecule has 1 atom stereocenters. The first-order chi connectivity index (χ1) is 5.83. The van der Waals surface area contributed by atoms with Crippen molar-refractivity contribution in [3.05, 3.63) is 0 Å². The number of nitrogens with zero attached hydrogens (tertiary/aromatic N) is 1. The number of piperazine rings is 1. The lowest BCUT2D eigenvalue weighted by molar-refractivity contribution is 0.195. The van der Waals surface area contributed by atoms with Gasteiger partial charge < -0.3 is 15.3 Å². The number of rotatable bonds is 4. The summed E-state index contributed by atoms with van der Waals surface area (Å²) in [6.45, 7) is 7.13. The normalized spacial score (nSPS) is 26.0. The highest BCUT2D eigenvalue weighted by atomic mass is 16.2. The van der Waals surface area contributed by atoms with E-state index in [1.807, 2.05) is 0 Å². The van der Waals surface area contributed by atoms with Crippen LogP contribution in [0.15, 0.2) is 0 Å². The van der Waals surface area contributed by atoms with E-state index in [4.69, 9.17) is 5.11 Å². The van der Waals surface area contributed by atoms with Crippen LogP contribution in [0.5, 0.6) is 0 Å². The predicted molar refractivity (Wildman–Crippen MR) is 50.2 cm³/mol. The average molecular weight is 172 g/mol. The smallest absolute Gasteiger partial charge is 0.0431 e. The molecule has 3 heteroatoms. The molecule has 2 N–H and O–H groups in total. The Kier molecular flexibility index (Phi) is 4.58. The van der Waals surface area contributed by atoms with Crippen LogP contribution in [0, 0.1) is 0 Å². The van der Waals surface area contributed by atoms with E-state index >= 15 is 0 Å². The summed E-state index contributed by atoms with van der Waals surface area (Å²) in [4.78, 5) is 2.47. The number of aliphatic hydroxyl groups is 1. The van der Waals surface area contributed by atoms with Crippen molar-refractivity contribution < 1.29 is 5.11 Å². The zero-order chi connectivity index (χ0) is 8.81.